The van der Waals surface area contributed by atoms with Crippen molar-refractivity contribution in [1.29, 1.82) is 0 Å². The Kier molecular flexibility index (Phi) is 3.54. The van der Waals surface area contributed by atoms with E-state index in [9.17, 15) is 23.5 Å². The van der Waals surface area contributed by atoms with Crippen LogP contribution in [0.5, 0.6) is 0 Å². The van der Waals surface area contributed by atoms with E-state index in [0.29, 0.717) is 0 Å². The summed E-state index contributed by atoms with van der Waals surface area (Å²) in [6.07, 6.45) is -1.51. The molecule has 1 heterocycles. The minimum atomic E-state index is -2.85. The molecule has 0 amide bonds. The zero-order chi connectivity index (χ0) is 15.0. The normalized spacial score (nSPS) is 20.4. The highest BCUT2D eigenvalue weighted by Crippen LogP contribution is 2.46. The molecule has 0 atom stereocenters. The Morgan fingerprint density at radius 2 is 1.85 bits per heavy atom. The molecule has 5 nitrogen and oxygen atoms in total. The molecule has 1 aliphatic rings. The monoisotopic (exact) mass is 288 g/mol. The van der Waals surface area contributed by atoms with E-state index in [2.05, 4.69) is 4.74 Å². The van der Waals surface area contributed by atoms with Crippen LogP contribution in [0.2, 0.25) is 0 Å². The molecule has 0 aliphatic heterocycles. The maximum Gasteiger partial charge on any atom is 0.373 e. The number of methoxy groups -OCH3 is 1. The number of furan rings is 1. The summed E-state index contributed by atoms with van der Waals surface area (Å²) in [5.41, 5.74) is -1.51. The van der Waals surface area contributed by atoms with Gasteiger partial charge < -0.3 is 14.3 Å². The highest BCUT2D eigenvalue weighted by atomic mass is 19.3. The van der Waals surface area contributed by atoms with Crippen LogP contribution in [0, 0.1) is 0 Å². The smallest absolute Gasteiger partial charge is 0.373 e. The fourth-order valence-corrected chi connectivity index (χ4v) is 2.41. The highest BCUT2D eigenvalue weighted by molar-refractivity contribution is 5.87. The first-order valence-electron chi connectivity index (χ1n) is 6.11. The van der Waals surface area contributed by atoms with E-state index in [-0.39, 0.29) is 24.4 Å². The van der Waals surface area contributed by atoms with Gasteiger partial charge in [0.2, 0.25) is 11.7 Å². The average Bonchev–Trinajstić information content (AvgIpc) is 2.88. The van der Waals surface area contributed by atoms with Crippen molar-refractivity contribution in [2.24, 2.45) is 0 Å². The number of ether oxygens (including phenoxy) is 1. The molecule has 7 heteroatoms. The molecule has 1 N–H and O–H groups in total. The topological polar surface area (TPSA) is 76.7 Å². The third-order valence-corrected chi connectivity index (χ3v) is 3.71. The van der Waals surface area contributed by atoms with Gasteiger partial charge >= 0.3 is 11.9 Å². The fourth-order valence-electron chi connectivity index (χ4n) is 2.41. The van der Waals surface area contributed by atoms with E-state index in [1.54, 1.807) is 0 Å². The van der Waals surface area contributed by atoms with E-state index in [4.69, 9.17) is 4.42 Å². The number of hydrogen-bond donors (Lipinski definition) is 1. The van der Waals surface area contributed by atoms with Crippen LogP contribution in [0.1, 0.15) is 42.0 Å². The number of halogens is 2. The molecule has 20 heavy (non-hydrogen) atoms. The maximum atomic E-state index is 13.2. The average molecular weight is 288 g/mol. The number of carboxylic acids is 1. The number of carboxylic acid groups (broad SMARTS) is 1. The Morgan fingerprint density at radius 1 is 1.25 bits per heavy atom. The summed E-state index contributed by atoms with van der Waals surface area (Å²) in [4.78, 5) is 22.8. The lowest BCUT2D eigenvalue weighted by Crippen LogP contribution is -2.42. The first-order chi connectivity index (χ1) is 9.31. The van der Waals surface area contributed by atoms with Crippen molar-refractivity contribution in [2.75, 3.05) is 7.11 Å². The summed E-state index contributed by atoms with van der Waals surface area (Å²) in [7, 11) is 1.17. The third-order valence-electron chi connectivity index (χ3n) is 3.71. The summed E-state index contributed by atoms with van der Waals surface area (Å²) in [5.74, 6) is -4.94. The van der Waals surface area contributed by atoms with Gasteiger partial charge in [-0.15, -0.1) is 0 Å². The van der Waals surface area contributed by atoms with Gasteiger partial charge in [-0.25, -0.2) is 13.6 Å². The van der Waals surface area contributed by atoms with Crippen molar-refractivity contribution in [3.8, 4) is 0 Å². The zero-order valence-corrected chi connectivity index (χ0v) is 10.8. The van der Waals surface area contributed by atoms with Crippen molar-refractivity contribution >= 4 is 11.9 Å². The first-order valence-corrected chi connectivity index (χ1v) is 6.11. The summed E-state index contributed by atoms with van der Waals surface area (Å²) < 4.78 is 36.1. The Morgan fingerprint density at radius 3 is 2.35 bits per heavy atom. The molecule has 0 radical (unpaired) electrons. The van der Waals surface area contributed by atoms with Crippen molar-refractivity contribution in [2.45, 2.75) is 37.0 Å². The number of carbonyl (C=O) groups is 2. The van der Waals surface area contributed by atoms with Crippen molar-refractivity contribution in [3.63, 3.8) is 0 Å². The van der Waals surface area contributed by atoms with Gasteiger partial charge in [0.1, 0.15) is 11.2 Å². The summed E-state index contributed by atoms with van der Waals surface area (Å²) in [6, 6.07) is 2.63. The van der Waals surface area contributed by atoms with Crippen LogP contribution in [0.25, 0.3) is 0 Å². The van der Waals surface area contributed by atoms with Crippen molar-refractivity contribution in [1.82, 2.24) is 0 Å². The largest absolute Gasteiger partial charge is 0.480 e. The molecule has 0 saturated heterocycles. The van der Waals surface area contributed by atoms with Gasteiger partial charge in [-0.3, -0.25) is 4.79 Å². The second-order valence-electron chi connectivity index (χ2n) is 4.90. The SMILES string of the molecule is COC(=O)c1ccc(C2(C(=O)O)CCC(F)(F)CC2)o1. The van der Waals surface area contributed by atoms with E-state index in [0.717, 1.165) is 0 Å². The Balaban J connectivity index is 2.33. The second kappa shape index (κ2) is 4.88. The maximum absolute atomic E-state index is 13.2. The lowest BCUT2D eigenvalue weighted by atomic mass is 9.71. The Hall–Kier alpha value is -1.92. The van der Waals surface area contributed by atoms with Crippen LogP contribution < -0.4 is 0 Å². The van der Waals surface area contributed by atoms with Gasteiger partial charge in [0.05, 0.1) is 7.11 Å². The van der Waals surface area contributed by atoms with Crippen LogP contribution in [0.4, 0.5) is 8.78 Å². The number of rotatable bonds is 3. The van der Waals surface area contributed by atoms with Crippen LogP contribution in [0.15, 0.2) is 16.5 Å². The molecule has 0 aromatic carbocycles. The molecular weight excluding hydrogens is 274 g/mol. The predicted octanol–water partition coefficient (Wildman–Crippen LogP) is 2.60. The first kappa shape index (κ1) is 14.5. The van der Waals surface area contributed by atoms with Gasteiger partial charge in [0, 0.05) is 12.8 Å². The van der Waals surface area contributed by atoms with Crippen LogP contribution >= 0.6 is 0 Å². The molecule has 1 fully saturated rings. The summed E-state index contributed by atoms with van der Waals surface area (Å²) in [6.45, 7) is 0. The molecule has 1 aliphatic carbocycles. The number of hydrogen-bond acceptors (Lipinski definition) is 4. The number of carbonyl (C=O) groups excluding carboxylic acids is 1. The zero-order valence-electron chi connectivity index (χ0n) is 10.8. The fraction of sp³-hybridized carbons (Fsp3) is 0.538. The predicted molar refractivity (Wildman–Crippen MR) is 62.8 cm³/mol. The van der Waals surface area contributed by atoms with E-state index in [1.165, 1.54) is 19.2 Å². The van der Waals surface area contributed by atoms with Gasteiger partial charge in [0.15, 0.2) is 0 Å². The summed E-state index contributed by atoms with van der Waals surface area (Å²) >= 11 is 0. The standard InChI is InChI=1S/C13H14F2O5/c1-19-10(16)8-2-3-9(20-8)12(11(17)18)4-6-13(14,15)7-5-12/h2-3H,4-7H2,1H3,(H,17,18). The lowest BCUT2D eigenvalue weighted by Gasteiger charge is -2.35. The molecule has 0 bridgehead atoms. The second-order valence-corrected chi connectivity index (χ2v) is 4.90. The van der Waals surface area contributed by atoms with Gasteiger partial charge in [0.25, 0.3) is 0 Å². The molecule has 110 valence electrons. The minimum absolute atomic E-state index is 0.0147. The molecular formula is C13H14F2O5. The Labute approximate surface area is 113 Å². The number of alkyl halides is 2. The van der Waals surface area contributed by atoms with Gasteiger partial charge in [-0.1, -0.05) is 0 Å². The third kappa shape index (κ3) is 2.39. The molecule has 1 aromatic heterocycles. The quantitative estimate of drug-likeness (QED) is 0.865. The van der Waals surface area contributed by atoms with Gasteiger partial charge in [-0.05, 0) is 25.0 Å². The minimum Gasteiger partial charge on any atom is -0.480 e. The van der Waals surface area contributed by atoms with Crippen LogP contribution in [0.3, 0.4) is 0 Å². The van der Waals surface area contributed by atoms with E-state index in [1.807, 2.05) is 0 Å². The molecule has 2 rings (SSSR count). The van der Waals surface area contributed by atoms with E-state index >= 15 is 0 Å². The van der Waals surface area contributed by atoms with Gasteiger partial charge in [-0.2, -0.15) is 0 Å². The number of aliphatic carboxylic acids is 1. The molecule has 0 spiro atoms. The Bertz CT molecular complexity index is 525. The van der Waals surface area contributed by atoms with Crippen molar-refractivity contribution < 1.29 is 32.6 Å². The van der Waals surface area contributed by atoms with Crippen molar-refractivity contribution in [3.05, 3.63) is 23.7 Å². The highest BCUT2D eigenvalue weighted by Gasteiger charge is 2.51. The molecule has 1 aromatic rings. The number of esters is 1. The van der Waals surface area contributed by atoms with Crippen LogP contribution in [-0.2, 0) is 14.9 Å². The molecule has 1 saturated carbocycles. The lowest BCUT2D eigenvalue weighted by molar-refractivity contribution is -0.150. The van der Waals surface area contributed by atoms with E-state index < -0.39 is 36.1 Å². The summed E-state index contributed by atoms with van der Waals surface area (Å²) in [5, 5.41) is 9.40. The van der Waals surface area contributed by atoms with Crippen LogP contribution in [-0.4, -0.2) is 30.1 Å². The molecule has 0 unspecified atom stereocenters.